The molecule has 2 unspecified atom stereocenters. The van der Waals surface area contributed by atoms with Crippen LogP contribution in [0.5, 0.6) is 0 Å². The Morgan fingerprint density at radius 1 is 0.585 bits per heavy atom. The summed E-state index contributed by atoms with van der Waals surface area (Å²) in [4.78, 5) is 34.7. The van der Waals surface area contributed by atoms with Crippen LogP contribution < -0.4 is 5.73 Å². The van der Waals surface area contributed by atoms with E-state index in [1.54, 1.807) is 0 Å². The van der Waals surface area contributed by atoms with Gasteiger partial charge in [0.15, 0.2) is 6.10 Å². The lowest BCUT2D eigenvalue weighted by molar-refractivity contribution is -0.161. The predicted molar refractivity (Wildman–Crippen MR) is 219 cm³/mol. The number of carbonyl (C=O) groups excluding carboxylic acids is 2. The zero-order valence-electron chi connectivity index (χ0n) is 32.7. The second-order valence-corrected chi connectivity index (χ2v) is 13.9. The summed E-state index contributed by atoms with van der Waals surface area (Å²) in [6.45, 7) is 3.44. The molecule has 0 heterocycles. The number of carbonyl (C=O) groups is 2. The molecule has 0 aliphatic rings. The van der Waals surface area contributed by atoms with Crippen molar-refractivity contribution in [3.63, 3.8) is 0 Å². The SMILES string of the molecule is CCC=CCC=CCC=CCC=CCC=CCCCC(=O)OCC(COP(=O)(O)OCCN)OC(=O)CCCCC=CCC=CCC=CCCCCC. The number of phosphoric ester groups is 1. The Morgan fingerprint density at radius 3 is 1.53 bits per heavy atom. The minimum absolute atomic E-state index is 0.0340. The minimum atomic E-state index is -4.40. The van der Waals surface area contributed by atoms with Gasteiger partial charge in [0.1, 0.15) is 6.61 Å². The van der Waals surface area contributed by atoms with Crippen LogP contribution in [0, 0.1) is 0 Å². The fourth-order valence-electron chi connectivity index (χ4n) is 4.56. The van der Waals surface area contributed by atoms with E-state index in [4.69, 9.17) is 24.3 Å². The summed E-state index contributed by atoms with van der Waals surface area (Å²) in [6.07, 6.45) is 48.8. The van der Waals surface area contributed by atoms with Gasteiger partial charge in [-0.05, 0) is 89.9 Å². The van der Waals surface area contributed by atoms with Crippen LogP contribution in [-0.4, -0.2) is 49.3 Å². The molecule has 2 atom stereocenters. The second-order valence-electron chi connectivity index (χ2n) is 12.4. The highest BCUT2D eigenvalue weighted by Crippen LogP contribution is 2.43. The Morgan fingerprint density at radius 2 is 1.04 bits per heavy atom. The molecule has 9 nitrogen and oxygen atoms in total. The van der Waals surface area contributed by atoms with Gasteiger partial charge >= 0.3 is 19.8 Å². The molecule has 0 aromatic heterocycles. The zero-order valence-corrected chi connectivity index (χ0v) is 33.6. The van der Waals surface area contributed by atoms with Crippen LogP contribution in [0.4, 0.5) is 0 Å². The van der Waals surface area contributed by atoms with Gasteiger partial charge in [-0.15, -0.1) is 0 Å². The van der Waals surface area contributed by atoms with E-state index in [9.17, 15) is 19.0 Å². The maximum absolute atomic E-state index is 12.5. The summed E-state index contributed by atoms with van der Waals surface area (Å²) in [5.74, 6) is -0.955. The van der Waals surface area contributed by atoms with Crippen molar-refractivity contribution in [2.75, 3.05) is 26.4 Å². The van der Waals surface area contributed by atoms with Gasteiger partial charge in [0.05, 0.1) is 13.2 Å². The number of nitrogens with two attached hydrogens (primary N) is 1. The van der Waals surface area contributed by atoms with Crippen LogP contribution in [0.3, 0.4) is 0 Å². The highest BCUT2D eigenvalue weighted by atomic mass is 31.2. The molecule has 0 aromatic carbocycles. The van der Waals surface area contributed by atoms with Crippen molar-refractivity contribution in [1.82, 2.24) is 0 Å². The summed E-state index contributed by atoms with van der Waals surface area (Å²) >= 11 is 0. The Labute approximate surface area is 321 Å². The third-order valence-electron chi connectivity index (χ3n) is 7.45. The Balaban J connectivity index is 4.40. The first-order chi connectivity index (χ1) is 25.8. The van der Waals surface area contributed by atoms with Crippen LogP contribution >= 0.6 is 7.82 Å². The average molecular weight is 760 g/mol. The Kier molecular flexibility index (Phi) is 36.4. The van der Waals surface area contributed by atoms with Crippen LogP contribution in [0.15, 0.2) is 97.2 Å². The van der Waals surface area contributed by atoms with Crippen LogP contribution in [0.25, 0.3) is 0 Å². The van der Waals surface area contributed by atoms with Gasteiger partial charge < -0.3 is 20.1 Å². The summed E-state index contributed by atoms with van der Waals surface area (Å²) in [5, 5.41) is 0. The number of hydrogen-bond acceptors (Lipinski definition) is 8. The third kappa shape index (κ3) is 38.5. The quantitative estimate of drug-likeness (QED) is 0.0280. The van der Waals surface area contributed by atoms with E-state index in [0.29, 0.717) is 12.8 Å². The normalized spacial score (nSPS) is 14.4. The number of rotatable bonds is 35. The van der Waals surface area contributed by atoms with E-state index in [0.717, 1.165) is 70.6 Å². The lowest BCUT2D eigenvalue weighted by Crippen LogP contribution is -2.29. The van der Waals surface area contributed by atoms with Crippen molar-refractivity contribution in [3.8, 4) is 0 Å². The van der Waals surface area contributed by atoms with Crippen molar-refractivity contribution >= 4 is 19.8 Å². The first-order valence-corrected chi connectivity index (χ1v) is 21.2. The lowest BCUT2D eigenvalue weighted by Gasteiger charge is -2.19. The first kappa shape index (κ1) is 49.9. The van der Waals surface area contributed by atoms with E-state index in [-0.39, 0.29) is 32.6 Å². The van der Waals surface area contributed by atoms with Gasteiger partial charge in [0.25, 0.3) is 0 Å². The maximum atomic E-state index is 12.5. The molecular formula is C43H70NO8P. The third-order valence-corrected chi connectivity index (χ3v) is 8.44. The van der Waals surface area contributed by atoms with Gasteiger partial charge in [-0.3, -0.25) is 18.6 Å². The molecule has 53 heavy (non-hydrogen) atoms. The zero-order chi connectivity index (χ0) is 38.9. The molecule has 0 fully saturated rings. The molecule has 0 amide bonds. The van der Waals surface area contributed by atoms with Crippen molar-refractivity contribution in [3.05, 3.63) is 97.2 Å². The molecule has 0 aliphatic heterocycles. The van der Waals surface area contributed by atoms with Crippen LogP contribution in [0.2, 0.25) is 0 Å². The van der Waals surface area contributed by atoms with E-state index < -0.39 is 32.5 Å². The minimum Gasteiger partial charge on any atom is -0.462 e. The summed E-state index contributed by atoms with van der Waals surface area (Å²) in [6, 6.07) is 0. The predicted octanol–water partition coefficient (Wildman–Crippen LogP) is 11.0. The van der Waals surface area contributed by atoms with Crippen molar-refractivity contribution in [2.45, 2.75) is 136 Å². The molecule has 0 aromatic rings. The topological polar surface area (TPSA) is 134 Å². The fraction of sp³-hybridized carbons (Fsp3) is 0.581. The number of hydrogen-bond donors (Lipinski definition) is 2. The van der Waals surface area contributed by atoms with Gasteiger partial charge in [0, 0.05) is 19.4 Å². The molecule has 3 N–H and O–H groups in total. The summed E-state index contributed by atoms with van der Waals surface area (Å²) in [7, 11) is -4.40. The van der Waals surface area contributed by atoms with Gasteiger partial charge in [0.2, 0.25) is 0 Å². The van der Waals surface area contributed by atoms with Gasteiger partial charge in [-0.2, -0.15) is 0 Å². The van der Waals surface area contributed by atoms with Crippen LogP contribution in [-0.2, 0) is 32.7 Å². The number of esters is 2. The molecule has 0 radical (unpaired) electrons. The molecule has 0 spiro atoms. The number of unbranched alkanes of at least 4 members (excludes halogenated alkanes) is 6. The van der Waals surface area contributed by atoms with E-state index in [2.05, 4.69) is 105 Å². The van der Waals surface area contributed by atoms with Gasteiger partial charge in [-0.1, -0.05) is 124 Å². The van der Waals surface area contributed by atoms with Crippen LogP contribution in [0.1, 0.15) is 129 Å². The molecular weight excluding hydrogens is 689 g/mol. The molecule has 0 saturated heterocycles. The Bertz CT molecular complexity index is 1180. The summed E-state index contributed by atoms with van der Waals surface area (Å²) < 4.78 is 32.6. The highest BCUT2D eigenvalue weighted by Gasteiger charge is 2.25. The first-order valence-electron chi connectivity index (χ1n) is 19.7. The van der Waals surface area contributed by atoms with Crippen molar-refractivity contribution < 1.29 is 37.6 Å². The smallest absolute Gasteiger partial charge is 0.462 e. The van der Waals surface area contributed by atoms with E-state index in [1.807, 2.05) is 6.08 Å². The monoisotopic (exact) mass is 759 g/mol. The molecule has 0 rings (SSSR count). The lowest BCUT2D eigenvalue weighted by atomic mass is 10.1. The molecule has 0 bridgehead atoms. The molecule has 10 heteroatoms. The van der Waals surface area contributed by atoms with Crippen molar-refractivity contribution in [1.29, 1.82) is 0 Å². The number of ether oxygens (including phenoxy) is 2. The van der Waals surface area contributed by atoms with Crippen molar-refractivity contribution in [2.24, 2.45) is 5.73 Å². The highest BCUT2D eigenvalue weighted by molar-refractivity contribution is 7.47. The maximum Gasteiger partial charge on any atom is 0.472 e. The summed E-state index contributed by atoms with van der Waals surface area (Å²) in [5.41, 5.74) is 5.33. The van der Waals surface area contributed by atoms with E-state index in [1.165, 1.54) is 19.3 Å². The van der Waals surface area contributed by atoms with E-state index >= 15 is 0 Å². The average Bonchev–Trinajstić information content (AvgIpc) is 3.14. The largest absolute Gasteiger partial charge is 0.472 e. The Hall–Kier alpha value is -3.07. The second kappa shape index (κ2) is 38.6. The molecule has 300 valence electrons. The number of allylic oxidation sites excluding steroid dienone is 16. The molecule has 0 aliphatic carbocycles. The van der Waals surface area contributed by atoms with Gasteiger partial charge in [-0.25, -0.2) is 4.57 Å². The fourth-order valence-corrected chi connectivity index (χ4v) is 5.32. The standard InChI is InChI=1S/C43H70NO8P/c1-3-5-7-9-11-13-15-17-19-20-22-23-25-27-29-31-33-35-42(45)49-39-41(40-51-53(47,48)50-38-37-44)52-43(46)36-34-32-30-28-26-24-21-18-16-14-12-10-8-6-4-2/h5,7,11-14,17-19,21-23,26-29,41H,3-4,6,8-10,15-16,20,24-25,30-40,44H2,1-2H3,(H,47,48). The molecule has 0 saturated carbocycles. The number of phosphoric acid groups is 1.